The molecule has 1 aliphatic carbocycles. The maximum absolute atomic E-state index is 6.18. The summed E-state index contributed by atoms with van der Waals surface area (Å²) in [5, 5.41) is 3.46. The molecule has 0 saturated heterocycles. The predicted molar refractivity (Wildman–Crippen MR) is 70.3 cm³/mol. The van der Waals surface area contributed by atoms with Crippen LogP contribution in [0.3, 0.4) is 0 Å². The SMILES string of the molecule is CCc1cc(C(N)CNC2CC2)ccc1OC. The third-order valence-corrected chi connectivity index (χ3v) is 3.32. The zero-order chi connectivity index (χ0) is 12.3. The third kappa shape index (κ3) is 3.20. The quantitative estimate of drug-likeness (QED) is 0.791. The molecule has 3 nitrogen and oxygen atoms in total. The van der Waals surface area contributed by atoms with Gasteiger partial charge in [0.15, 0.2) is 0 Å². The normalized spacial score (nSPS) is 16.9. The van der Waals surface area contributed by atoms with Gasteiger partial charge >= 0.3 is 0 Å². The van der Waals surface area contributed by atoms with Gasteiger partial charge in [0.2, 0.25) is 0 Å². The highest BCUT2D eigenvalue weighted by molar-refractivity contribution is 5.38. The lowest BCUT2D eigenvalue weighted by molar-refractivity contribution is 0.409. The molecular weight excluding hydrogens is 212 g/mol. The summed E-state index contributed by atoms with van der Waals surface area (Å²) in [6.45, 7) is 3.00. The molecule has 1 unspecified atom stereocenters. The molecule has 1 atom stereocenters. The van der Waals surface area contributed by atoms with Crippen LogP contribution < -0.4 is 15.8 Å². The first-order chi connectivity index (χ1) is 8.24. The summed E-state index contributed by atoms with van der Waals surface area (Å²) in [6.07, 6.45) is 3.57. The Morgan fingerprint density at radius 3 is 2.82 bits per heavy atom. The lowest BCUT2D eigenvalue weighted by Crippen LogP contribution is -2.28. The first-order valence-electron chi connectivity index (χ1n) is 6.40. The van der Waals surface area contributed by atoms with Gasteiger partial charge in [0.25, 0.3) is 0 Å². The Morgan fingerprint density at radius 2 is 2.24 bits per heavy atom. The van der Waals surface area contributed by atoms with E-state index in [4.69, 9.17) is 10.5 Å². The molecule has 3 N–H and O–H groups in total. The zero-order valence-corrected chi connectivity index (χ0v) is 10.7. The summed E-state index contributed by atoms with van der Waals surface area (Å²) in [5.41, 5.74) is 8.60. The first kappa shape index (κ1) is 12.4. The molecule has 1 aromatic rings. The zero-order valence-electron chi connectivity index (χ0n) is 10.7. The average molecular weight is 234 g/mol. The van der Waals surface area contributed by atoms with Gasteiger partial charge < -0.3 is 15.8 Å². The second-order valence-electron chi connectivity index (χ2n) is 4.71. The van der Waals surface area contributed by atoms with Crippen LogP contribution in [-0.4, -0.2) is 19.7 Å². The Kier molecular flexibility index (Phi) is 4.02. The van der Waals surface area contributed by atoms with E-state index in [1.165, 1.54) is 24.0 Å². The van der Waals surface area contributed by atoms with Crippen molar-refractivity contribution in [1.29, 1.82) is 0 Å². The molecule has 0 heterocycles. The van der Waals surface area contributed by atoms with Crippen LogP contribution in [0.25, 0.3) is 0 Å². The minimum absolute atomic E-state index is 0.0757. The number of nitrogens with two attached hydrogens (primary N) is 1. The Bertz CT molecular complexity index is 374. The molecule has 0 amide bonds. The summed E-state index contributed by atoms with van der Waals surface area (Å²) in [4.78, 5) is 0. The molecule has 0 aliphatic heterocycles. The smallest absolute Gasteiger partial charge is 0.122 e. The number of aryl methyl sites for hydroxylation is 1. The van der Waals surface area contributed by atoms with Gasteiger partial charge in [-0.15, -0.1) is 0 Å². The van der Waals surface area contributed by atoms with Gasteiger partial charge in [0, 0.05) is 18.6 Å². The molecule has 17 heavy (non-hydrogen) atoms. The van der Waals surface area contributed by atoms with Crippen molar-refractivity contribution in [3.63, 3.8) is 0 Å². The van der Waals surface area contributed by atoms with Crippen LogP contribution in [0.1, 0.15) is 36.9 Å². The fraction of sp³-hybridized carbons (Fsp3) is 0.571. The van der Waals surface area contributed by atoms with E-state index in [-0.39, 0.29) is 6.04 Å². The van der Waals surface area contributed by atoms with E-state index in [0.29, 0.717) is 6.04 Å². The highest BCUT2D eigenvalue weighted by Gasteiger charge is 2.21. The molecular formula is C14H22N2O. The fourth-order valence-electron chi connectivity index (χ4n) is 2.00. The number of methoxy groups -OCH3 is 1. The molecule has 94 valence electrons. The van der Waals surface area contributed by atoms with Crippen molar-refractivity contribution in [3.8, 4) is 5.75 Å². The minimum atomic E-state index is 0.0757. The molecule has 0 spiro atoms. The van der Waals surface area contributed by atoms with Crippen molar-refractivity contribution in [2.24, 2.45) is 5.73 Å². The van der Waals surface area contributed by atoms with Crippen molar-refractivity contribution < 1.29 is 4.74 Å². The van der Waals surface area contributed by atoms with Gasteiger partial charge in [-0.1, -0.05) is 19.1 Å². The standard InChI is InChI=1S/C14H22N2O/c1-3-10-8-11(4-7-14(10)17-2)13(15)9-16-12-5-6-12/h4,7-8,12-13,16H,3,5-6,9,15H2,1-2H3. The summed E-state index contributed by atoms with van der Waals surface area (Å²) in [7, 11) is 1.71. The molecule has 2 rings (SSSR count). The first-order valence-corrected chi connectivity index (χ1v) is 6.40. The molecule has 3 heteroatoms. The van der Waals surface area contributed by atoms with Crippen LogP contribution in [0.15, 0.2) is 18.2 Å². The Hall–Kier alpha value is -1.06. The average Bonchev–Trinajstić information content (AvgIpc) is 3.19. The van der Waals surface area contributed by atoms with Gasteiger partial charge in [-0.25, -0.2) is 0 Å². The highest BCUT2D eigenvalue weighted by Crippen LogP contribution is 2.24. The topological polar surface area (TPSA) is 47.3 Å². The lowest BCUT2D eigenvalue weighted by Gasteiger charge is -2.15. The molecule has 1 fully saturated rings. The van der Waals surface area contributed by atoms with E-state index >= 15 is 0 Å². The van der Waals surface area contributed by atoms with Crippen LogP contribution in [0, 0.1) is 0 Å². The van der Waals surface area contributed by atoms with E-state index in [0.717, 1.165) is 18.7 Å². The largest absolute Gasteiger partial charge is 0.496 e. The predicted octanol–water partition coefficient (Wildman–Crippen LogP) is 2.01. The van der Waals surface area contributed by atoms with E-state index in [1.54, 1.807) is 7.11 Å². The number of hydrogen-bond acceptors (Lipinski definition) is 3. The van der Waals surface area contributed by atoms with Gasteiger partial charge in [-0.2, -0.15) is 0 Å². The van der Waals surface area contributed by atoms with Crippen molar-refractivity contribution >= 4 is 0 Å². The monoisotopic (exact) mass is 234 g/mol. The van der Waals surface area contributed by atoms with E-state index in [1.807, 2.05) is 6.07 Å². The number of benzene rings is 1. The number of ether oxygens (including phenoxy) is 1. The van der Waals surface area contributed by atoms with Gasteiger partial charge in [0.05, 0.1) is 7.11 Å². The van der Waals surface area contributed by atoms with Crippen LogP contribution in [0.2, 0.25) is 0 Å². The van der Waals surface area contributed by atoms with E-state index in [2.05, 4.69) is 24.4 Å². The molecule has 0 aromatic heterocycles. The fourth-order valence-corrected chi connectivity index (χ4v) is 2.00. The summed E-state index contributed by atoms with van der Waals surface area (Å²) in [6, 6.07) is 7.04. The summed E-state index contributed by atoms with van der Waals surface area (Å²) in [5.74, 6) is 0.957. The maximum atomic E-state index is 6.18. The molecule has 0 radical (unpaired) electrons. The molecule has 1 aromatic carbocycles. The number of rotatable bonds is 6. The van der Waals surface area contributed by atoms with Crippen LogP contribution in [0.4, 0.5) is 0 Å². The summed E-state index contributed by atoms with van der Waals surface area (Å²) < 4.78 is 5.32. The highest BCUT2D eigenvalue weighted by atomic mass is 16.5. The lowest BCUT2D eigenvalue weighted by atomic mass is 10.0. The Balaban J connectivity index is 2.02. The van der Waals surface area contributed by atoms with Crippen molar-refractivity contribution in [2.75, 3.05) is 13.7 Å². The van der Waals surface area contributed by atoms with E-state index < -0.39 is 0 Å². The van der Waals surface area contributed by atoms with Crippen molar-refractivity contribution in [3.05, 3.63) is 29.3 Å². The minimum Gasteiger partial charge on any atom is -0.496 e. The van der Waals surface area contributed by atoms with Crippen LogP contribution >= 0.6 is 0 Å². The van der Waals surface area contributed by atoms with Gasteiger partial charge in [-0.05, 0) is 36.5 Å². The third-order valence-electron chi connectivity index (χ3n) is 3.32. The molecule has 1 aliphatic rings. The van der Waals surface area contributed by atoms with Crippen molar-refractivity contribution in [1.82, 2.24) is 5.32 Å². The van der Waals surface area contributed by atoms with Gasteiger partial charge in [-0.3, -0.25) is 0 Å². The molecule has 0 bridgehead atoms. The Morgan fingerprint density at radius 1 is 1.47 bits per heavy atom. The van der Waals surface area contributed by atoms with E-state index in [9.17, 15) is 0 Å². The number of hydrogen-bond donors (Lipinski definition) is 2. The van der Waals surface area contributed by atoms with Gasteiger partial charge in [0.1, 0.15) is 5.75 Å². The van der Waals surface area contributed by atoms with Crippen molar-refractivity contribution in [2.45, 2.75) is 38.3 Å². The summed E-state index contributed by atoms with van der Waals surface area (Å²) >= 11 is 0. The second kappa shape index (κ2) is 5.52. The van der Waals surface area contributed by atoms with Crippen LogP contribution in [-0.2, 0) is 6.42 Å². The Labute approximate surface area is 103 Å². The second-order valence-corrected chi connectivity index (χ2v) is 4.71. The van der Waals surface area contributed by atoms with Crippen LogP contribution in [0.5, 0.6) is 5.75 Å². The number of nitrogens with one attached hydrogen (secondary N) is 1. The molecule has 1 saturated carbocycles. The maximum Gasteiger partial charge on any atom is 0.122 e.